The maximum Gasteiger partial charge on any atom is 0.255 e. The first kappa shape index (κ1) is 19.0. The minimum atomic E-state index is -0.173. The van der Waals surface area contributed by atoms with Crippen LogP contribution in [-0.4, -0.2) is 12.5 Å². The summed E-state index contributed by atoms with van der Waals surface area (Å²) in [5, 5.41) is 3.47. The van der Waals surface area contributed by atoms with Crippen molar-refractivity contribution in [1.82, 2.24) is 5.32 Å². The third-order valence-corrected chi connectivity index (χ3v) is 4.43. The van der Waals surface area contributed by atoms with Crippen LogP contribution >= 0.6 is 11.6 Å². The number of carbonyl (C=O) groups excluding carboxylic acids is 1. The number of amides is 1. The van der Waals surface area contributed by atoms with Gasteiger partial charge in [0.05, 0.1) is 5.56 Å². The van der Waals surface area contributed by atoms with Gasteiger partial charge >= 0.3 is 0 Å². The lowest BCUT2D eigenvalue weighted by Crippen LogP contribution is -2.25. The first-order valence-electron chi connectivity index (χ1n) is 9.01. The van der Waals surface area contributed by atoms with Crippen LogP contribution in [0.1, 0.15) is 27.9 Å². The third-order valence-electron chi connectivity index (χ3n) is 4.19. The smallest absolute Gasteiger partial charge is 0.255 e. The largest absolute Gasteiger partial charge is 0.488 e. The third kappa shape index (κ3) is 5.87. The van der Waals surface area contributed by atoms with E-state index in [9.17, 15) is 4.79 Å². The van der Waals surface area contributed by atoms with Gasteiger partial charge in [0, 0.05) is 11.6 Å². The molecule has 0 heterocycles. The Kier molecular flexibility index (Phi) is 6.89. The predicted octanol–water partition coefficient (Wildman–Crippen LogP) is 5.28. The fourth-order valence-corrected chi connectivity index (χ4v) is 2.95. The van der Waals surface area contributed by atoms with Crippen LogP contribution < -0.4 is 10.1 Å². The van der Waals surface area contributed by atoms with E-state index in [1.807, 2.05) is 48.5 Å². The predicted molar refractivity (Wildman–Crippen MR) is 109 cm³/mol. The van der Waals surface area contributed by atoms with Gasteiger partial charge in [-0.25, -0.2) is 0 Å². The number of aryl methyl sites for hydroxylation is 1. The van der Waals surface area contributed by atoms with Gasteiger partial charge in [0.2, 0.25) is 0 Å². The molecule has 0 aliphatic carbocycles. The molecule has 0 unspecified atom stereocenters. The zero-order chi connectivity index (χ0) is 18.9. The van der Waals surface area contributed by atoms with Gasteiger partial charge in [0.15, 0.2) is 0 Å². The van der Waals surface area contributed by atoms with Crippen molar-refractivity contribution in [1.29, 1.82) is 0 Å². The van der Waals surface area contributed by atoms with E-state index in [2.05, 4.69) is 17.4 Å². The number of hydrogen-bond donors (Lipinski definition) is 1. The van der Waals surface area contributed by atoms with E-state index in [0.717, 1.165) is 18.4 Å². The Morgan fingerprint density at radius 1 is 0.889 bits per heavy atom. The molecule has 0 saturated heterocycles. The molecule has 0 aliphatic rings. The van der Waals surface area contributed by atoms with E-state index in [-0.39, 0.29) is 5.91 Å². The van der Waals surface area contributed by atoms with Gasteiger partial charge in [-0.15, -0.1) is 0 Å². The van der Waals surface area contributed by atoms with Crippen molar-refractivity contribution in [3.05, 3.63) is 101 Å². The van der Waals surface area contributed by atoms with Gasteiger partial charge < -0.3 is 10.1 Å². The van der Waals surface area contributed by atoms with Gasteiger partial charge in [0.25, 0.3) is 5.91 Å². The van der Waals surface area contributed by atoms with Gasteiger partial charge in [-0.1, -0.05) is 72.3 Å². The van der Waals surface area contributed by atoms with Crippen LogP contribution in [0.4, 0.5) is 0 Å². The minimum absolute atomic E-state index is 0.173. The monoisotopic (exact) mass is 379 g/mol. The highest BCUT2D eigenvalue weighted by atomic mass is 35.5. The molecule has 3 nitrogen and oxygen atoms in total. The molecule has 3 rings (SSSR count). The van der Waals surface area contributed by atoms with E-state index in [1.54, 1.807) is 18.2 Å². The molecule has 0 bridgehead atoms. The number of rotatable bonds is 8. The zero-order valence-corrected chi connectivity index (χ0v) is 15.8. The second kappa shape index (κ2) is 9.79. The number of carbonyl (C=O) groups is 1. The molecule has 0 fully saturated rings. The van der Waals surface area contributed by atoms with E-state index < -0.39 is 0 Å². The number of benzene rings is 3. The summed E-state index contributed by atoms with van der Waals surface area (Å²) in [5.41, 5.74) is 2.76. The summed E-state index contributed by atoms with van der Waals surface area (Å²) < 4.78 is 5.86. The van der Waals surface area contributed by atoms with Crippen LogP contribution in [0.25, 0.3) is 0 Å². The molecule has 0 aromatic heterocycles. The Hall–Kier alpha value is -2.78. The number of nitrogens with one attached hydrogen (secondary N) is 1. The van der Waals surface area contributed by atoms with Crippen LogP contribution in [0, 0.1) is 0 Å². The molecular formula is C23H22ClNO2. The number of hydrogen-bond acceptors (Lipinski definition) is 2. The van der Waals surface area contributed by atoms with Crippen LogP contribution in [0.3, 0.4) is 0 Å². The topological polar surface area (TPSA) is 38.3 Å². The van der Waals surface area contributed by atoms with Crippen molar-refractivity contribution in [2.45, 2.75) is 19.4 Å². The van der Waals surface area contributed by atoms with Crippen LogP contribution in [0.2, 0.25) is 5.02 Å². The molecule has 3 aromatic carbocycles. The number of halogens is 1. The summed E-state index contributed by atoms with van der Waals surface area (Å²) in [4.78, 5) is 12.6. The van der Waals surface area contributed by atoms with Crippen molar-refractivity contribution in [3.8, 4) is 5.75 Å². The molecule has 0 saturated carbocycles. The van der Waals surface area contributed by atoms with Crippen molar-refractivity contribution in [2.24, 2.45) is 0 Å². The zero-order valence-electron chi connectivity index (χ0n) is 15.0. The lowest BCUT2D eigenvalue weighted by atomic mass is 10.1. The number of ether oxygens (including phenoxy) is 1. The average Bonchev–Trinajstić information content (AvgIpc) is 2.71. The Balaban J connectivity index is 1.57. The Bertz CT molecular complexity index is 866. The standard InChI is InChI=1S/C23H22ClNO2/c24-20-13-14-22(27-17-19-10-5-2-6-11-19)21(16-20)23(26)25-15-7-12-18-8-3-1-4-9-18/h1-6,8-11,13-14,16H,7,12,15,17H2,(H,25,26). The maximum atomic E-state index is 12.6. The fraction of sp³-hybridized carbons (Fsp3) is 0.174. The van der Waals surface area contributed by atoms with Crippen LogP contribution in [-0.2, 0) is 13.0 Å². The molecule has 0 atom stereocenters. The molecular weight excluding hydrogens is 358 g/mol. The van der Waals surface area contributed by atoms with Gasteiger partial charge in [-0.3, -0.25) is 4.79 Å². The van der Waals surface area contributed by atoms with Crippen LogP contribution in [0.5, 0.6) is 5.75 Å². The molecule has 0 spiro atoms. The summed E-state index contributed by atoms with van der Waals surface area (Å²) >= 11 is 6.08. The van der Waals surface area contributed by atoms with E-state index in [4.69, 9.17) is 16.3 Å². The molecule has 1 amide bonds. The quantitative estimate of drug-likeness (QED) is 0.540. The Labute approximate surface area is 164 Å². The summed E-state index contributed by atoms with van der Waals surface area (Å²) in [6.45, 7) is 0.995. The van der Waals surface area contributed by atoms with Crippen molar-refractivity contribution in [3.63, 3.8) is 0 Å². The normalized spacial score (nSPS) is 10.4. The minimum Gasteiger partial charge on any atom is -0.488 e. The second-order valence-corrected chi connectivity index (χ2v) is 6.70. The van der Waals surface area contributed by atoms with E-state index in [1.165, 1.54) is 5.56 Å². The Morgan fingerprint density at radius 2 is 1.56 bits per heavy atom. The highest BCUT2D eigenvalue weighted by Gasteiger charge is 2.13. The molecule has 1 N–H and O–H groups in total. The highest BCUT2D eigenvalue weighted by Crippen LogP contribution is 2.24. The first-order chi connectivity index (χ1) is 13.2. The van der Waals surface area contributed by atoms with Gasteiger partial charge in [-0.2, -0.15) is 0 Å². The highest BCUT2D eigenvalue weighted by molar-refractivity contribution is 6.31. The Morgan fingerprint density at radius 3 is 2.26 bits per heavy atom. The van der Waals surface area contributed by atoms with Crippen molar-refractivity contribution in [2.75, 3.05) is 6.54 Å². The lowest BCUT2D eigenvalue weighted by molar-refractivity contribution is 0.0948. The maximum absolute atomic E-state index is 12.6. The summed E-state index contributed by atoms with van der Waals surface area (Å²) in [5.74, 6) is 0.359. The van der Waals surface area contributed by atoms with Crippen molar-refractivity contribution >= 4 is 17.5 Å². The molecule has 138 valence electrons. The summed E-state index contributed by atoms with van der Waals surface area (Å²) in [6.07, 6.45) is 1.80. The van der Waals surface area contributed by atoms with Crippen molar-refractivity contribution < 1.29 is 9.53 Å². The van der Waals surface area contributed by atoms with Gasteiger partial charge in [0.1, 0.15) is 12.4 Å². The van der Waals surface area contributed by atoms with E-state index in [0.29, 0.717) is 29.5 Å². The van der Waals surface area contributed by atoms with E-state index >= 15 is 0 Å². The first-order valence-corrected chi connectivity index (χ1v) is 9.38. The lowest BCUT2D eigenvalue weighted by Gasteiger charge is -2.12. The average molecular weight is 380 g/mol. The second-order valence-electron chi connectivity index (χ2n) is 6.26. The summed E-state index contributed by atoms with van der Waals surface area (Å²) in [6, 6.07) is 25.2. The molecule has 0 aliphatic heterocycles. The SMILES string of the molecule is O=C(NCCCc1ccccc1)c1cc(Cl)ccc1OCc1ccccc1. The molecule has 4 heteroatoms. The van der Waals surface area contributed by atoms with Gasteiger partial charge in [-0.05, 0) is 42.2 Å². The summed E-state index contributed by atoms with van der Waals surface area (Å²) in [7, 11) is 0. The fourth-order valence-electron chi connectivity index (χ4n) is 2.78. The molecule has 3 aromatic rings. The van der Waals surface area contributed by atoms with Crippen LogP contribution in [0.15, 0.2) is 78.9 Å². The molecule has 0 radical (unpaired) electrons. The molecule has 27 heavy (non-hydrogen) atoms.